The Balaban J connectivity index is 2.22. The van der Waals surface area contributed by atoms with E-state index in [4.69, 9.17) is 5.11 Å². The first-order chi connectivity index (χ1) is 10.0. The van der Waals surface area contributed by atoms with E-state index in [9.17, 15) is 14.0 Å². The molecule has 7 heteroatoms. The van der Waals surface area contributed by atoms with Crippen molar-refractivity contribution < 1.29 is 19.1 Å². The van der Waals surface area contributed by atoms with E-state index in [2.05, 4.69) is 0 Å². The zero-order valence-electron chi connectivity index (χ0n) is 11.5. The first-order valence-corrected chi connectivity index (χ1v) is 8.85. The van der Waals surface area contributed by atoms with Crippen molar-refractivity contribution in [3.05, 3.63) is 29.6 Å². The minimum atomic E-state index is -0.913. The van der Waals surface area contributed by atoms with Gasteiger partial charge in [0.1, 0.15) is 5.82 Å². The van der Waals surface area contributed by atoms with Crippen LogP contribution < -0.4 is 0 Å². The summed E-state index contributed by atoms with van der Waals surface area (Å²) in [6.45, 7) is 0.521. The third-order valence-electron chi connectivity index (χ3n) is 3.30. The van der Waals surface area contributed by atoms with Crippen molar-refractivity contribution in [1.29, 1.82) is 0 Å². The maximum atomic E-state index is 13.5. The van der Waals surface area contributed by atoms with Crippen LogP contribution >= 0.6 is 23.5 Å². The second kappa shape index (κ2) is 7.17. The van der Waals surface area contributed by atoms with Crippen LogP contribution in [0.3, 0.4) is 0 Å². The van der Waals surface area contributed by atoms with Gasteiger partial charge in [-0.2, -0.15) is 11.8 Å². The molecular weight excluding hydrogens is 313 g/mol. The van der Waals surface area contributed by atoms with Crippen LogP contribution in [0.5, 0.6) is 0 Å². The molecule has 1 heterocycles. The Morgan fingerprint density at radius 2 is 2.29 bits per heavy atom. The van der Waals surface area contributed by atoms with Gasteiger partial charge in [-0.3, -0.25) is 9.59 Å². The third-order valence-corrected chi connectivity index (χ3v) is 5.14. The fourth-order valence-electron chi connectivity index (χ4n) is 2.25. The number of carboxylic acid groups (broad SMARTS) is 1. The van der Waals surface area contributed by atoms with Gasteiger partial charge in [0.05, 0.1) is 12.5 Å². The van der Waals surface area contributed by atoms with E-state index in [1.807, 2.05) is 0 Å². The Kier molecular flexibility index (Phi) is 5.52. The lowest BCUT2D eigenvalue weighted by molar-refractivity contribution is -0.138. The lowest BCUT2D eigenvalue weighted by Gasteiger charge is -2.34. The molecule has 0 radical (unpaired) electrons. The molecular formula is C14H16FNO3S2. The van der Waals surface area contributed by atoms with Gasteiger partial charge in [0.15, 0.2) is 0 Å². The lowest BCUT2D eigenvalue weighted by atomic mass is 10.1. The van der Waals surface area contributed by atoms with E-state index in [0.29, 0.717) is 22.8 Å². The molecule has 1 amide bonds. The monoisotopic (exact) mass is 329 g/mol. The van der Waals surface area contributed by atoms with Crippen LogP contribution in [0.4, 0.5) is 4.39 Å². The number of hydrogen-bond donors (Lipinski definition) is 1. The number of hydrogen-bond acceptors (Lipinski definition) is 4. The molecule has 21 heavy (non-hydrogen) atoms. The molecule has 1 aliphatic heterocycles. The Labute approximate surface area is 131 Å². The van der Waals surface area contributed by atoms with Crippen molar-refractivity contribution in [3.63, 3.8) is 0 Å². The van der Waals surface area contributed by atoms with E-state index in [0.717, 1.165) is 5.75 Å². The van der Waals surface area contributed by atoms with Crippen LogP contribution in [0.25, 0.3) is 0 Å². The largest absolute Gasteiger partial charge is 0.481 e. The summed E-state index contributed by atoms with van der Waals surface area (Å²) in [5.41, 5.74) is 0.406. The number of benzene rings is 1. The van der Waals surface area contributed by atoms with Gasteiger partial charge in [-0.05, 0) is 24.5 Å². The van der Waals surface area contributed by atoms with E-state index in [-0.39, 0.29) is 24.2 Å². The van der Waals surface area contributed by atoms with Crippen LogP contribution in [0, 0.1) is 5.82 Å². The number of amides is 1. The average molecular weight is 329 g/mol. The zero-order chi connectivity index (χ0) is 15.4. The summed E-state index contributed by atoms with van der Waals surface area (Å²) in [6.07, 6.45) is 1.69. The molecule has 2 rings (SSSR count). The molecule has 1 atom stereocenters. The Bertz CT molecular complexity index is 553. The Morgan fingerprint density at radius 1 is 1.52 bits per heavy atom. The Morgan fingerprint density at radius 3 is 2.95 bits per heavy atom. The molecule has 0 bridgehead atoms. The number of carbonyl (C=O) groups is 2. The molecule has 1 saturated heterocycles. The predicted molar refractivity (Wildman–Crippen MR) is 82.6 cm³/mol. The standard InChI is InChI=1S/C14H16FNO3S2/c1-20-12-6-9(2-3-11(12)15)14(19)16-4-5-21-8-10(16)7-13(17)18/h2-3,6,10H,4-5,7-8H2,1H3,(H,17,18). The molecule has 1 fully saturated rings. The molecule has 0 spiro atoms. The smallest absolute Gasteiger partial charge is 0.305 e. The molecule has 0 aromatic heterocycles. The number of nitrogens with zero attached hydrogens (tertiary/aromatic N) is 1. The molecule has 114 valence electrons. The minimum Gasteiger partial charge on any atom is -0.481 e. The average Bonchev–Trinajstić information content (AvgIpc) is 2.47. The highest BCUT2D eigenvalue weighted by Gasteiger charge is 2.29. The van der Waals surface area contributed by atoms with Crippen molar-refractivity contribution in [3.8, 4) is 0 Å². The quantitative estimate of drug-likeness (QED) is 0.861. The van der Waals surface area contributed by atoms with Crippen LogP contribution in [0.2, 0.25) is 0 Å². The van der Waals surface area contributed by atoms with E-state index < -0.39 is 5.97 Å². The molecule has 1 aromatic rings. The highest BCUT2D eigenvalue weighted by Crippen LogP contribution is 2.24. The van der Waals surface area contributed by atoms with Crippen molar-refractivity contribution >= 4 is 35.4 Å². The maximum absolute atomic E-state index is 13.5. The summed E-state index contributed by atoms with van der Waals surface area (Å²) < 4.78 is 13.5. The van der Waals surface area contributed by atoms with Crippen LogP contribution in [0.1, 0.15) is 16.8 Å². The van der Waals surface area contributed by atoms with E-state index in [1.165, 1.54) is 30.0 Å². The highest BCUT2D eigenvalue weighted by molar-refractivity contribution is 7.99. The molecule has 1 aromatic carbocycles. The topological polar surface area (TPSA) is 57.6 Å². The summed E-state index contributed by atoms with van der Waals surface area (Å²) >= 11 is 2.89. The van der Waals surface area contributed by atoms with Crippen LogP contribution in [0.15, 0.2) is 23.1 Å². The molecule has 1 unspecified atom stereocenters. The predicted octanol–water partition coefficient (Wildman–Crippen LogP) is 2.58. The van der Waals surface area contributed by atoms with Crippen LogP contribution in [-0.2, 0) is 4.79 Å². The number of rotatable bonds is 4. The molecule has 1 aliphatic rings. The van der Waals surface area contributed by atoms with Crippen molar-refractivity contribution in [2.75, 3.05) is 24.3 Å². The minimum absolute atomic E-state index is 0.0602. The van der Waals surface area contributed by atoms with Gasteiger partial charge in [-0.15, -0.1) is 11.8 Å². The van der Waals surface area contributed by atoms with Gasteiger partial charge in [0.2, 0.25) is 0 Å². The summed E-state index contributed by atoms with van der Waals surface area (Å²) in [5, 5.41) is 8.95. The van der Waals surface area contributed by atoms with Crippen molar-refractivity contribution in [1.82, 2.24) is 4.90 Å². The first-order valence-electron chi connectivity index (χ1n) is 6.47. The lowest BCUT2D eigenvalue weighted by Crippen LogP contribution is -2.47. The normalized spacial score (nSPS) is 18.6. The molecule has 0 aliphatic carbocycles. The fraction of sp³-hybridized carbons (Fsp3) is 0.429. The number of carboxylic acids is 1. The van der Waals surface area contributed by atoms with Gasteiger partial charge < -0.3 is 10.0 Å². The van der Waals surface area contributed by atoms with Crippen LogP contribution in [-0.4, -0.2) is 52.2 Å². The SMILES string of the molecule is CSc1cc(C(=O)N2CCSCC2CC(=O)O)ccc1F. The van der Waals surface area contributed by atoms with E-state index in [1.54, 1.807) is 22.9 Å². The second-order valence-corrected chi connectivity index (χ2v) is 6.67. The van der Waals surface area contributed by atoms with Gasteiger partial charge in [0, 0.05) is 28.5 Å². The third kappa shape index (κ3) is 3.91. The van der Waals surface area contributed by atoms with Crippen molar-refractivity contribution in [2.45, 2.75) is 17.4 Å². The highest BCUT2D eigenvalue weighted by atomic mass is 32.2. The fourth-order valence-corrected chi connectivity index (χ4v) is 3.82. The summed E-state index contributed by atoms with van der Waals surface area (Å²) in [4.78, 5) is 25.5. The molecule has 0 saturated carbocycles. The maximum Gasteiger partial charge on any atom is 0.305 e. The molecule has 4 nitrogen and oxygen atoms in total. The number of carbonyl (C=O) groups excluding carboxylic acids is 1. The van der Waals surface area contributed by atoms with Gasteiger partial charge in [-0.25, -0.2) is 4.39 Å². The second-order valence-electron chi connectivity index (χ2n) is 4.67. The number of aliphatic carboxylic acids is 1. The summed E-state index contributed by atoms with van der Waals surface area (Å²) in [7, 11) is 0. The Hall–Kier alpha value is -1.21. The van der Waals surface area contributed by atoms with E-state index >= 15 is 0 Å². The number of halogens is 1. The van der Waals surface area contributed by atoms with Gasteiger partial charge >= 0.3 is 5.97 Å². The van der Waals surface area contributed by atoms with Gasteiger partial charge in [0.25, 0.3) is 5.91 Å². The first kappa shape index (κ1) is 16.2. The van der Waals surface area contributed by atoms with Gasteiger partial charge in [-0.1, -0.05) is 0 Å². The van der Waals surface area contributed by atoms with Crippen molar-refractivity contribution in [2.24, 2.45) is 0 Å². The zero-order valence-corrected chi connectivity index (χ0v) is 13.2. The molecule has 1 N–H and O–H groups in total. The number of thioether (sulfide) groups is 2. The summed E-state index contributed by atoms with van der Waals surface area (Å²) in [5.74, 6) is -0.0797. The summed E-state index contributed by atoms with van der Waals surface area (Å²) in [6, 6.07) is 3.96.